The number of ether oxygens (including phenoxy) is 1. The average Bonchev–Trinajstić information content (AvgIpc) is 3.25. The molecule has 0 aliphatic carbocycles. The van der Waals surface area contributed by atoms with Gasteiger partial charge in [-0.3, -0.25) is 9.69 Å². The lowest BCUT2D eigenvalue weighted by Crippen LogP contribution is -2.55. The third kappa shape index (κ3) is 5.66. The maximum Gasteiger partial charge on any atom is 0.251 e. The van der Waals surface area contributed by atoms with Gasteiger partial charge in [0.2, 0.25) is 10.0 Å². The number of furan rings is 1. The Hall–Kier alpha value is -2.20. The molecule has 158 valence electrons. The van der Waals surface area contributed by atoms with E-state index in [0.29, 0.717) is 31.1 Å². The van der Waals surface area contributed by atoms with Crippen LogP contribution in [-0.4, -0.2) is 57.6 Å². The third-order valence-electron chi connectivity index (χ3n) is 4.99. The van der Waals surface area contributed by atoms with Crippen LogP contribution in [0.1, 0.15) is 30.0 Å². The van der Waals surface area contributed by atoms with Gasteiger partial charge in [-0.25, -0.2) is 13.1 Å². The second kappa shape index (κ2) is 9.08. The first-order valence-electron chi connectivity index (χ1n) is 9.51. The van der Waals surface area contributed by atoms with Crippen molar-refractivity contribution in [1.82, 2.24) is 14.9 Å². The number of sulfonamides is 1. The molecule has 1 aliphatic heterocycles. The van der Waals surface area contributed by atoms with Gasteiger partial charge in [0.15, 0.2) is 0 Å². The Labute approximate surface area is 171 Å². The summed E-state index contributed by atoms with van der Waals surface area (Å²) in [5, 5.41) is 2.94. The van der Waals surface area contributed by atoms with Crippen molar-refractivity contribution in [2.75, 3.05) is 32.8 Å². The molecule has 2 N–H and O–H groups in total. The van der Waals surface area contributed by atoms with Crippen molar-refractivity contribution in [1.29, 1.82) is 0 Å². The highest BCUT2D eigenvalue weighted by Gasteiger charge is 2.28. The van der Waals surface area contributed by atoms with E-state index < -0.39 is 10.0 Å². The fourth-order valence-corrected chi connectivity index (χ4v) is 4.12. The van der Waals surface area contributed by atoms with Gasteiger partial charge in [0.25, 0.3) is 5.91 Å². The zero-order valence-corrected chi connectivity index (χ0v) is 17.5. The zero-order chi connectivity index (χ0) is 20.9. The number of nitrogens with one attached hydrogen (secondary N) is 2. The lowest BCUT2D eigenvalue weighted by molar-refractivity contribution is -0.00923. The Morgan fingerprint density at radius 3 is 2.45 bits per heavy atom. The summed E-state index contributed by atoms with van der Waals surface area (Å²) in [6.45, 7) is 7.77. The SMILES string of the molecule is CC(C)(CNC(=O)c1ccc(S(=O)(=O)NCc2ccco2)cc1)N1CCOCC1. The number of hydrogen-bond donors (Lipinski definition) is 2. The van der Waals surface area contributed by atoms with Gasteiger partial charge in [0, 0.05) is 30.7 Å². The van der Waals surface area contributed by atoms with Crippen LogP contribution in [0.3, 0.4) is 0 Å². The number of hydrogen-bond acceptors (Lipinski definition) is 6. The highest BCUT2D eigenvalue weighted by molar-refractivity contribution is 7.89. The quantitative estimate of drug-likeness (QED) is 0.672. The molecule has 2 aromatic rings. The lowest BCUT2D eigenvalue weighted by atomic mass is 10.0. The normalized spacial score (nSPS) is 15.9. The Balaban J connectivity index is 1.56. The molecule has 0 radical (unpaired) electrons. The number of rotatable bonds is 8. The summed E-state index contributed by atoms with van der Waals surface area (Å²) < 4.78 is 37.7. The maximum absolute atomic E-state index is 12.5. The Bertz CT molecular complexity index is 902. The Morgan fingerprint density at radius 2 is 1.83 bits per heavy atom. The van der Waals surface area contributed by atoms with Gasteiger partial charge in [-0.15, -0.1) is 0 Å². The van der Waals surface area contributed by atoms with E-state index in [4.69, 9.17) is 9.15 Å². The van der Waals surface area contributed by atoms with Crippen molar-refractivity contribution in [3.8, 4) is 0 Å². The monoisotopic (exact) mass is 421 g/mol. The highest BCUT2D eigenvalue weighted by atomic mass is 32.2. The fourth-order valence-electron chi connectivity index (χ4n) is 3.13. The fraction of sp³-hybridized carbons (Fsp3) is 0.450. The molecule has 9 heteroatoms. The number of carbonyl (C=O) groups is 1. The van der Waals surface area contributed by atoms with E-state index in [9.17, 15) is 13.2 Å². The first kappa shape index (κ1) is 21.5. The summed E-state index contributed by atoms with van der Waals surface area (Å²) in [6.07, 6.45) is 1.48. The van der Waals surface area contributed by atoms with Crippen molar-refractivity contribution in [3.63, 3.8) is 0 Å². The number of benzene rings is 1. The third-order valence-corrected chi connectivity index (χ3v) is 6.41. The summed E-state index contributed by atoms with van der Waals surface area (Å²) in [4.78, 5) is 14.9. The first-order valence-corrected chi connectivity index (χ1v) is 11.0. The molecular formula is C20H27N3O5S. The van der Waals surface area contributed by atoms with Crippen molar-refractivity contribution in [3.05, 3.63) is 54.0 Å². The van der Waals surface area contributed by atoms with E-state index in [-0.39, 0.29) is 22.9 Å². The van der Waals surface area contributed by atoms with Gasteiger partial charge in [0.1, 0.15) is 5.76 Å². The van der Waals surface area contributed by atoms with Crippen LogP contribution in [0.25, 0.3) is 0 Å². The smallest absolute Gasteiger partial charge is 0.251 e. The highest BCUT2D eigenvalue weighted by Crippen LogP contribution is 2.16. The van der Waals surface area contributed by atoms with E-state index in [1.165, 1.54) is 30.5 Å². The molecule has 1 aromatic heterocycles. The molecule has 8 nitrogen and oxygen atoms in total. The second-order valence-electron chi connectivity index (χ2n) is 7.52. The molecule has 0 bridgehead atoms. The van der Waals surface area contributed by atoms with Crippen LogP contribution >= 0.6 is 0 Å². The summed E-state index contributed by atoms with van der Waals surface area (Å²) in [5.74, 6) is 0.284. The van der Waals surface area contributed by atoms with Gasteiger partial charge in [0.05, 0.1) is 30.9 Å². The maximum atomic E-state index is 12.5. The summed E-state index contributed by atoms with van der Waals surface area (Å²) in [5.41, 5.74) is 0.214. The Kier molecular flexibility index (Phi) is 6.74. The summed E-state index contributed by atoms with van der Waals surface area (Å²) in [7, 11) is -3.69. The number of carbonyl (C=O) groups excluding carboxylic acids is 1. The predicted octanol–water partition coefficient (Wildman–Crippen LogP) is 1.60. The number of amides is 1. The van der Waals surface area contributed by atoms with Crippen molar-refractivity contribution >= 4 is 15.9 Å². The van der Waals surface area contributed by atoms with E-state index >= 15 is 0 Å². The van der Waals surface area contributed by atoms with Gasteiger partial charge in [-0.2, -0.15) is 0 Å². The minimum atomic E-state index is -3.69. The second-order valence-corrected chi connectivity index (χ2v) is 9.29. The number of nitrogens with zero attached hydrogens (tertiary/aromatic N) is 1. The zero-order valence-electron chi connectivity index (χ0n) is 16.7. The van der Waals surface area contributed by atoms with Crippen LogP contribution in [0, 0.1) is 0 Å². The molecule has 1 amide bonds. The van der Waals surface area contributed by atoms with Crippen molar-refractivity contribution in [2.24, 2.45) is 0 Å². The van der Waals surface area contributed by atoms with E-state index in [1.807, 2.05) is 0 Å². The largest absolute Gasteiger partial charge is 0.468 e. The molecule has 0 atom stereocenters. The van der Waals surface area contributed by atoms with Gasteiger partial charge in [-0.05, 0) is 50.2 Å². The molecule has 1 aliphatic rings. The van der Waals surface area contributed by atoms with E-state index in [2.05, 4.69) is 28.8 Å². The molecule has 2 heterocycles. The van der Waals surface area contributed by atoms with E-state index in [1.54, 1.807) is 12.1 Å². The molecule has 29 heavy (non-hydrogen) atoms. The summed E-state index contributed by atoms with van der Waals surface area (Å²) in [6, 6.07) is 9.25. The molecular weight excluding hydrogens is 394 g/mol. The predicted molar refractivity (Wildman–Crippen MR) is 108 cm³/mol. The first-order chi connectivity index (χ1) is 13.8. The number of morpholine rings is 1. The topological polar surface area (TPSA) is 101 Å². The van der Waals surface area contributed by atoms with Crippen LogP contribution in [0.15, 0.2) is 52.0 Å². The molecule has 1 aromatic carbocycles. The molecule has 0 unspecified atom stereocenters. The van der Waals surface area contributed by atoms with Crippen LogP contribution < -0.4 is 10.0 Å². The molecule has 1 saturated heterocycles. The van der Waals surface area contributed by atoms with Crippen molar-refractivity contribution < 1.29 is 22.4 Å². The van der Waals surface area contributed by atoms with Crippen LogP contribution in [0.5, 0.6) is 0 Å². The van der Waals surface area contributed by atoms with Gasteiger partial charge < -0.3 is 14.5 Å². The average molecular weight is 422 g/mol. The van der Waals surface area contributed by atoms with E-state index in [0.717, 1.165) is 13.1 Å². The molecule has 0 spiro atoms. The van der Waals surface area contributed by atoms with Gasteiger partial charge >= 0.3 is 0 Å². The van der Waals surface area contributed by atoms with Crippen molar-refractivity contribution in [2.45, 2.75) is 30.8 Å². The lowest BCUT2D eigenvalue weighted by Gasteiger charge is -2.40. The molecule has 1 fully saturated rings. The Morgan fingerprint density at radius 1 is 1.14 bits per heavy atom. The van der Waals surface area contributed by atoms with Crippen LogP contribution in [0.4, 0.5) is 0 Å². The standard InChI is InChI=1S/C20H27N3O5S/c1-20(2,23-9-12-27-13-10-23)15-21-19(24)16-5-7-18(8-6-16)29(25,26)22-14-17-4-3-11-28-17/h3-8,11,22H,9-10,12-15H2,1-2H3,(H,21,24). The molecule has 0 saturated carbocycles. The molecule has 3 rings (SSSR count). The van der Waals surface area contributed by atoms with Crippen LogP contribution in [-0.2, 0) is 21.3 Å². The van der Waals surface area contributed by atoms with Crippen LogP contribution in [0.2, 0.25) is 0 Å². The minimum Gasteiger partial charge on any atom is -0.468 e. The van der Waals surface area contributed by atoms with Gasteiger partial charge in [-0.1, -0.05) is 0 Å². The minimum absolute atomic E-state index is 0.0637. The summed E-state index contributed by atoms with van der Waals surface area (Å²) >= 11 is 0.